The number of ether oxygens (including phenoxy) is 1. The first-order valence-electron chi connectivity index (χ1n) is 8.12. The molecule has 1 fully saturated rings. The van der Waals surface area contributed by atoms with Crippen LogP contribution < -0.4 is 5.32 Å². The fourth-order valence-electron chi connectivity index (χ4n) is 3.50. The van der Waals surface area contributed by atoms with Gasteiger partial charge in [0.2, 0.25) is 0 Å². The Hall–Kier alpha value is -1.07. The molecule has 2 aliphatic rings. The molecule has 2 atom stereocenters. The lowest BCUT2D eigenvalue weighted by Crippen LogP contribution is -2.60. The molecule has 4 nitrogen and oxygen atoms in total. The van der Waals surface area contributed by atoms with E-state index in [0.29, 0.717) is 6.54 Å². The summed E-state index contributed by atoms with van der Waals surface area (Å²) in [7, 11) is 0. The molecule has 1 spiro atoms. The van der Waals surface area contributed by atoms with Crippen LogP contribution in [-0.2, 0) is 16.7 Å². The molecule has 22 heavy (non-hydrogen) atoms. The van der Waals surface area contributed by atoms with Crippen molar-refractivity contribution in [3.8, 4) is 0 Å². The lowest BCUT2D eigenvalue weighted by atomic mass is 9.81. The summed E-state index contributed by atoms with van der Waals surface area (Å²) in [4.78, 5) is 15.9. The zero-order valence-corrected chi connectivity index (χ0v) is 14.8. The minimum atomic E-state index is -0.449. The van der Waals surface area contributed by atoms with Crippen molar-refractivity contribution in [1.29, 1.82) is 0 Å². The lowest BCUT2D eigenvalue weighted by molar-refractivity contribution is -0.00296. The number of carbonyl (C=O) groups excluding carboxylic acids is 1. The Bertz CT molecular complexity index is 563. The molecule has 1 saturated heterocycles. The summed E-state index contributed by atoms with van der Waals surface area (Å²) in [6.45, 7) is 9.58. The summed E-state index contributed by atoms with van der Waals surface area (Å²) in [6, 6.07) is 2.46. The number of hydrogen-bond donors (Lipinski definition) is 1. The van der Waals surface area contributed by atoms with Gasteiger partial charge in [-0.3, -0.25) is 0 Å². The predicted molar refractivity (Wildman–Crippen MR) is 89.3 cm³/mol. The number of piperidine rings is 1. The van der Waals surface area contributed by atoms with Gasteiger partial charge in [0.1, 0.15) is 5.60 Å². The monoisotopic (exact) mass is 322 g/mol. The molecular weight excluding hydrogens is 296 g/mol. The van der Waals surface area contributed by atoms with E-state index in [-0.39, 0.29) is 17.7 Å². The van der Waals surface area contributed by atoms with Crippen molar-refractivity contribution in [2.75, 3.05) is 13.1 Å². The van der Waals surface area contributed by atoms with Gasteiger partial charge in [-0.1, -0.05) is 0 Å². The number of nitrogens with zero attached hydrogens (tertiary/aromatic N) is 1. The molecule has 3 rings (SSSR count). The highest BCUT2D eigenvalue weighted by Crippen LogP contribution is 2.41. The van der Waals surface area contributed by atoms with Gasteiger partial charge in [0.15, 0.2) is 0 Å². The van der Waals surface area contributed by atoms with Crippen LogP contribution in [0.15, 0.2) is 11.4 Å². The van der Waals surface area contributed by atoms with Crippen LogP contribution in [0, 0.1) is 0 Å². The third-order valence-electron chi connectivity index (χ3n) is 4.63. The summed E-state index contributed by atoms with van der Waals surface area (Å²) in [5.41, 5.74) is 0.920. The maximum absolute atomic E-state index is 12.6. The minimum Gasteiger partial charge on any atom is -0.444 e. The molecule has 1 amide bonds. The van der Waals surface area contributed by atoms with Gasteiger partial charge in [-0.2, -0.15) is 0 Å². The fraction of sp³-hybridized carbons (Fsp3) is 0.706. The second kappa shape index (κ2) is 5.53. The highest BCUT2D eigenvalue weighted by molar-refractivity contribution is 7.10. The van der Waals surface area contributed by atoms with Gasteiger partial charge in [-0.15, -0.1) is 11.3 Å². The SMILES string of the molecule is CC1CCC2(CN1C(=O)OC(C)(C)C)NCCc1ccsc12. The van der Waals surface area contributed by atoms with Crippen molar-refractivity contribution in [2.45, 2.75) is 64.1 Å². The maximum atomic E-state index is 12.6. The summed E-state index contributed by atoms with van der Waals surface area (Å²) in [5.74, 6) is 0. The fourth-order valence-corrected chi connectivity index (χ4v) is 4.66. The third-order valence-corrected chi connectivity index (χ3v) is 5.79. The van der Waals surface area contributed by atoms with E-state index in [1.54, 1.807) is 0 Å². The molecule has 0 saturated carbocycles. The van der Waals surface area contributed by atoms with E-state index in [2.05, 4.69) is 23.7 Å². The van der Waals surface area contributed by atoms with Gasteiger partial charge in [0.05, 0.1) is 5.54 Å². The van der Waals surface area contributed by atoms with Crippen LogP contribution in [0.2, 0.25) is 0 Å². The van der Waals surface area contributed by atoms with Crippen LogP contribution in [0.4, 0.5) is 4.79 Å². The van der Waals surface area contributed by atoms with Crippen LogP contribution in [0.3, 0.4) is 0 Å². The molecule has 0 bridgehead atoms. The summed E-state index contributed by atoms with van der Waals surface area (Å²) >= 11 is 1.82. The molecule has 1 aromatic heterocycles. The molecule has 2 unspecified atom stereocenters. The number of hydrogen-bond acceptors (Lipinski definition) is 4. The first-order valence-corrected chi connectivity index (χ1v) is 9.00. The summed E-state index contributed by atoms with van der Waals surface area (Å²) < 4.78 is 5.61. The predicted octanol–water partition coefficient (Wildman–Crippen LogP) is 3.51. The lowest BCUT2D eigenvalue weighted by Gasteiger charge is -2.48. The topological polar surface area (TPSA) is 41.6 Å². The van der Waals surface area contributed by atoms with E-state index in [1.165, 1.54) is 10.4 Å². The first-order chi connectivity index (χ1) is 10.3. The second-order valence-electron chi connectivity index (χ2n) is 7.53. The van der Waals surface area contributed by atoms with Gasteiger partial charge in [-0.25, -0.2) is 4.79 Å². The number of carbonyl (C=O) groups is 1. The molecule has 0 aliphatic carbocycles. The number of nitrogens with one attached hydrogen (secondary N) is 1. The Morgan fingerprint density at radius 3 is 3.00 bits per heavy atom. The Labute approximate surface area is 136 Å². The molecule has 3 heterocycles. The van der Waals surface area contributed by atoms with Crippen molar-refractivity contribution in [3.63, 3.8) is 0 Å². The average molecular weight is 322 g/mol. The molecule has 0 radical (unpaired) electrons. The van der Waals surface area contributed by atoms with Gasteiger partial charge < -0.3 is 15.0 Å². The number of thiophene rings is 1. The van der Waals surface area contributed by atoms with E-state index in [9.17, 15) is 4.79 Å². The molecule has 1 N–H and O–H groups in total. The molecule has 1 aromatic rings. The molecular formula is C17H26N2O2S. The maximum Gasteiger partial charge on any atom is 0.410 e. The van der Waals surface area contributed by atoms with Gasteiger partial charge >= 0.3 is 6.09 Å². The summed E-state index contributed by atoms with van der Waals surface area (Å²) in [6.07, 6.45) is 2.98. The Kier molecular flexibility index (Phi) is 3.98. The zero-order chi connectivity index (χ0) is 16.0. The highest BCUT2D eigenvalue weighted by Gasteiger charge is 2.45. The van der Waals surface area contributed by atoms with Crippen LogP contribution in [0.1, 0.15) is 51.0 Å². The zero-order valence-electron chi connectivity index (χ0n) is 13.9. The first kappa shape index (κ1) is 15.8. The number of rotatable bonds is 0. The Balaban J connectivity index is 1.84. The van der Waals surface area contributed by atoms with Crippen molar-refractivity contribution < 1.29 is 9.53 Å². The molecule has 0 aromatic carbocycles. The van der Waals surface area contributed by atoms with Crippen molar-refractivity contribution in [3.05, 3.63) is 21.9 Å². The largest absolute Gasteiger partial charge is 0.444 e. The van der Waals surface area contributed by atoms with Crippen LogP contribution in [-0.4, -0.2) is 35.7 Å². The summed E-state index contributed by atoms with van der Waals surface area (Å²) in [5, 5.41) is 5.88. The smallest absolute Gasteiger partial charge is 0.410 e. The van der Waals surface area contributed by atoms with Gasteiger partial charge in [-0.05, 0) is 64.0 Å². The highest BCUT2D eigenvalue weighted by atomic mass is 32.1. The normalized spacial score (nSPS) is 28.5. The number of likely N-dealkylation sites (tertiary alicyclic amines) is 1. The van der Waals surface area contributed by atoms with Gasteiger partial charge in [0.25, 0.3) is 0 Å². The quantitative estimate of drug-likeness (QED) is 0.795. The van der Waals surface area contributed by atoms with E-state index in [4.69, 9.17) is 4.74 Å². The number of amides is 1. The van der Waals surface area contributed by atoms with Crippen molar-refractivity contribution in [2.24, 2.45) is 0 Å². The van der Waals surface area contributed by atoms with Crippen LogP contribution in [0.25, 0.3) is 0 Å². The molecule has 5 heteroatoms. The van der Waals surface area contributed by atoms with Gasteiger partial charge in [0, 0.05) is 24.0 Å². The van der Waals surface area contributed by atoms with Crippen molar-refractivity contribution >= 4 is 17.4 Å². The minimum absolute atomic E-state index is 0.0782. The average Bonchev–Trinajstić information content (AvgIpc) is 2.90. The van der Waals surface area contributed by atoms with E-state index in [1.807, 2.05) is 37.0 Å². The van der Waals surface area contributed by atoms with E-state index >= 15 is 0 Å². The van der Waals surface area contributed by atoms with Crippen molar-refractivity contribution in [1.82, 2.24) is 10.2 Å². The van der Waals surface area contributed by atoms with Crippen LogP contribution >= 0.6 is 11.3 Å². The Morgan fingerprint density at radius 1 is 1.50 bits per heavy atom. The van der Waals surface area contributed by atoms with E-state index in [0.717, 1.165) is 25.8 Å². The second-order valence-corrected chi connectivity index (χ2v) is 8.45. The molecule has 122 valence electrons. The molecule has 2 aliphatic heterocycles. The standard InChI is InChI=1S/C17H26N2O2S/c1-12-5-8-17(11-19(12)15(20)21-16(2,3)4)14-13(6-9-18-17)7-10-22-14/h7,10,12,18H,5-6,8-9,11H2,1-4H3. The number of fused-ring (bicyclic) bond motifs is 2. The Morgan fingerprint density at radius 2 is 2.27 bits per heavy atom. The van der Waals surface area contributed by atoms with E-state index < -0.39 is 5.60 Å². The van der Waals surface area contributed by atoms with Crippen LogP contribution in [0.5, 0.6) is 0 Å². The third kappa shape index (κ3) is 2.88.